The number of piperidine rings is 1. The van der Waals surface area contributed by atoms with Gasteiger partial charge in [0.15, 0.2) is 0 Å². The molecule has 4 rings (SSSR count). The number of carbonyl (C=O) groups is 2. The summed E-state index contributed by atoms with van der Waals surface area (Å²) in [6.07, 6.45) is 2.85. The highest BCUT2D eigenvalue weighted by molar-refractivity contribution is 6.07. The zero-order chi connectivity index (χ0) is 20.1. The minimum Gasteiger partial charge on any atom is -0.353 e. The van der Waals surface area contributed by atoms with Crippen LogP contribution in [0.4, 0.5) is 0 Å². The van der Waals surface area contributed by atoms with E-state index in [9.17, 15) is 9.59 Å². The van der Waals surface area contributed by atoms with Crippen LogP contribution >= 0.6 is 0 Å². The normalized spacial score (nSPS) is 14.7. The summed E-state index contributed by atoms with van der Waals surface area (Å²) in [5.41, 5.74) is 1.94. The summed E-state index contributed by atoms with van der Waals surface area (Å²) in [7, 11) is 0. The molecule has 1 aliphatic heterocycles. The second kappa shape index (κ2) is 8.91. The number of benzene rings is 3. The van der Waals surface area contributed by atoms with Crippen molar-refractivity contribution < 1.29 is 9.59 Å². The molecule has 2 amide bonds. The van der Waals surface area contributed by atoms with Crippen molar-refractivity contribution in [1.29, 1.82) is 0 Å². The van der Waals surface area contributed by atoms with E-state index in [1.807, 2.05) is 77.7 Å². The molecule has 0 spiro atoms. The Bertz CT molecular complexity index is 987. The first-order chi connectivity index (χ1) is 14.2. The molecule has 4 heteroatoms. The van der Waals surface area contributed by atoms with Crippen LogP contribution in [0.3, 0.4) is 0 Å². The van der Waals surface area contributed by atoms with Crippen molar-refractivity contribution in [1.82, 2.24) is 10.2 Å². The first kappa shape index (κ1) is 19.2. The van der Waals surface area contributed by atoms with E-state index in [0.717, 1.165) is 35.6 Å². The molecule has 4 nitrogen and oxygen atoms in total. The predicted octanol–water partition coefficient (Wildman–Crippen LogP) is 4.19. The van der Waals surface area contributed by atoms with Crippen LogP contribution in [0, 0.1) is 0 Å². The minimum atomic E-state index is 0.0793. The lowest BCUT2D eigenvalue weighted by molar-refractivity contribution is -0.122. The lowest BCUT2D eigenvalue weighted by atomic mass is 10.0. The van der Waals surface area contributed by atoms with E-state index < -0.39 is 0 Å². The van der Waals surface area contributed by atoms with Gasteiger partial charge in [-0.05, 0) is 41.7 Å². The summed E-state index contributed by atoms with van der Waals surface area (Å²) in [5, 5.41) is 5.22. The third-order valence-corrected chi connectivity index (χ3v) is 5.65. The van der Waals surface area contributed by atoms with Gasteiger partial charge in [-0.15, -0.1) is 0 Å². The summed E-state index contributed by atoms with van der Waals surface area (Å²) < 4.78 is 0. The number of nitrogens with one attached hydrogen (secondary N) is 1. The zero-order valence-corrected chi connectivity index (χ0v) is 16.5. The standard InChI is InChI=1S/C25H26N2O2/c28-24(14-13-19-7-2-1-3-8-19)26-21-15-17-27(18-16-21)25(29)23-12-6-10-20-9-4-5-11-22(20)23/h1-12,21H,13-18H2,(H,26,28). The third-order valence-electron chi connectivity index (χ3n) is 5.65. The van der Waals surface area contributed by atoms with Crippen LogP contribution in [0.5, 0.6) is 0 Å². The molecule has 1 heterocycles. The molecule has 1 aliphatic rings. The Kier molecular flexibility index (Phi) is 5.89. The van der Waals surface area contributed by atoms with Crippen molar-refractivity contribution in [2.45, 2.75) is 31.7 Å². The van der Waals surface area contributed by atoms with E-state index in [0.29, 0.717) is 19.5 Å². The maximum absolute atomic E-state index is 13.0. The lowest BCUT2D eigenvalue weighted by Crippen LogP contribution is -2.46. The van der Waals surface area contributed by atoms with Crippen molar-refractivity contribution in [3.8, 4) is 0 Å². The van der Waals surface area contributed by atoms with Crippen molar-refractivity contribution in [3.63, 3.8) is 0 Å². The Morgan fingerprint density at radius 2 is 1.55 bits per heavy atom. The van der Waals surface area contributed by atoms with Gasteiger partial charge in [0.1, 0.15) is 0 Å². The molecular formula is C25H26N2O2. The fourth-order valence-corrected chi connectivity index (χ4v) is 4.01. The molecule has 29 heavy (non-hydrogen) atoms. The Balaban J connectivity index is 1.30. The van der Waals surface area contributed by atoms with Gasteiger partial charge in [0, 0.05) is 31.1 Å². The van der Waals surface area contributed by atoms with Crippen LogP contribution in [0.2, 0.25) is 0 Å². The fraction of sp³-hybridized carbons (Fsp3) is 0.280. The van der Waals surface area contributed by atoms with Gasteiger partial charge in [-0.25, -0.2) is 0 Å². The summed E-state index contributed by atoms with van der Waals surface area (Å²) in [6, 6.07) is 24.1. The van der Waals surface area contributed by atoms with E-state index in [4.69, 9.17) is 0 Å². The van der Waals surface area contributed by atoms with Crippen LogP contribution in [-0.2, 0) is 11.2 Å². The SMILES string of the molecule is O=C(CCc1ccccc1)NC1CCN(C(=O)c2cccc3ccccc23)CC1. The second-order valence-corrected chi connectivity index (χ2v) is 7.65. The molecule has 1 fully saturated rings. The summed E-state index contributed by atoms with van der Waals surface area (Å²) in [5.74, 6) is 0.170. The van der Waals surface area contributed by atoms with Crippen LogP contribution in [-0.4, -0.2) is 35.8 Å². The van der Waals surface area contributed by atoms with Crippen LogP contribution in [0.25, 0.3) is 10.8 Å². The first-order valence-electron chi connectivity index (χ1n) is 10.3. The monoisotopic (exact) mass is 386 g/mol. The zero-order valence-electron chi connectivity index (χ0n) is 16.5. The Morgan fingerprint density at radius 3 is 2.34 bits per heavy atom. The fourth-order valence-electron chi connectivity index (χ4n) is 4.01. The smallest absolute Gasteiger partial charge is 0.254 e. The minimum absolute atomic E-state index is 0.0793. The van der Waals surface area contributed by atoms with Gasteiger partial charge in [-0.2, -0.15) is 0 Å². The molecule has 0 bridgehead atoms. The largest absolute Gasteiger partial charge is 0.353 e. The van der Waals surface area contributed by atoms with Gasteiger partial charge < -0.3 is 10.2 Å². The molecule has 0 radical (unpaired) electrons. The number of rotatable bonds is 5. The van der Waals surface area contributed by atoms with Crippen molar-refractivity contribution in [3.05, 3.63) is 83.9 Å². The number of fused-ring (bicyclic) bond motifs is 1. The number of carbonyl (C=O) groups excluding carboxylic acids is 2. The van der Waals surface area contributed by atoms with Gasteiger partial charge in [-0.1, -0.05) is 66.7 Å². The van der Waals surface area contributed by atoms with Crippen LogP contribution in [0.15, 0.2) is 72.8 Å². The van der Waals surface area contributed by atoms with E-state index >= 15 is 0 Å². The molecule has 0 aromatic heterocycles. The van der Waals surface area contributed by atoms with Gasteiger partial charge in [0.2, 0.25) is 5.91 Å². The van der Waals surface area contributed by atoms with E-state index in [2.05, 4.69) is 5.32 Å². The quantitative estimate of drug-likeness (QED) is 0.715. The lowest BCUT2D eigenvalue weighted by Gasteiger charge is -2.32. The van der Waals surface area contributed by atoms with Crippen molar-refractivity contribution in [2.24, 2.45) is 0 Å². The summed E-state index contributed by atoms with van der Waals surface area (Å²) >= 11 is 0. The Labute approximate surface area is 171 Å². The van der Waals surface area contributed by atoms with Crippen molar-refractivity contribution in [2.75, 3.05) is 13.1 Å². The molecular weight excluding hydrogens is 360 g/mol. The first-order valence-corrected chi connectivity index (χ1v) is 10.3. The number of hydrogen-bond acceptors (Lipinski definition) is 2. The third kappa shape index (κ3) is 4.65. The molecule has 3 aromatic rings. The highest BCUT2D eigenvalue weighted by atomic mass is 16.2. The molecule has 0 unspecified atom stereocenters. The van der Waals surface area contributed by atoms with Gasteiger partial charge in [0.05, 0.1) is 0 Å². The molecule has 0 aliphatic carbocycles. The highest BCUT2D eigenvalue weighted by Gasteiger charge is 2.25. The second-order valence-electron chi connectivity index (χ2n) is 7.65. The molecule has 0 saturated carbocycles. The molecule has 3 aromatic carbocycles. The molecule has 1 saturated heterocycles. The van der Waals surface area contributed by atoms with Gasteiger partial charge in [-0.3, -0.25) is 9.59 Å². The Hall–Kier alpha value is -3.14. The van der Waals surface area contributed by atoms with E-state index in [1.54, 1.807) is 0 Å². The predicted molar refractivity (Wildman–Crippen MR) is 116 cm³/mol. The van der Waals surface area contributed by atoms with E-state index in [1.165, 1.54) is 5.56 Å². The maximum Gasteiger partial charge on any atom is 0.254 e. The van der Waals surface area contributed by atoms with E-state index in [-0.39, 0.29) is 17.9 Å². The molecule has 0 atom stereocenters. The van der Waals surface area contributed by atoms with Crippen LogP contribution < -0.4 is 5.32 Å². The molecule has 1 N–H and O–H groups in total. The average molecular weight is 386 g/mol. The number of aryl methyl sites for hydroxylation is 1. The number of nitrogens with zero attached hydrogens (tertiary/aromatic N) is 1. The number of hydrogen-bond donors (Lipinski definition) is 1. The Morgan fingerprint density at radius 1 is 0.862 bits per heavy atom. The summed E-state index contributed by atoms with van der Waals surface area (Å²) in [6.45, 7) is 1.34. The number of amides is 2. The maximum atomic E-state index is 13.0. The van der Waals surface area contributed by atoms with Crippen LogP contribution in [0.1, 0.15) is 35.2 Å². The highest BCUT2D eigenvalue weighted by Crippen LogP contribution is 2.22. The molecule has 148 valence electrons. The topological polar surface area (TPSA) is 49.4 Å². The number of likely N-dealkylation sites (tertiary alicyclic amines) is 1. The summed E-state index contributed by atoms with van der Waals surface area (Å²) in [4.78, 5) is 27.2. The van der Waals surface area contributed by atoms with Crippen molar-refractivity contribution >= 4 is 22.6 Å². The van der Waals surface area contributed by atoms with Gasteiger partial charge in [0.25, 0.3) is 5.91 Å². The van der Waals surface area contributed by atoms with Gasteiger partial charge >= 0.3 is 0 Å². The average Bonchev–Trinajstić information content (AvgIpc) is 2.78.